The van der Waals surface area contributed by atoms with Gasteiger partial charge in [0.2, 0.25) is 0 Å². The molecular formula is C13H7Cl2IN2O3. The van der Waals surface area contributed by atoms with Crippen LogP contribution in [0.5, 0.6) is 0 Å². The summed E-state index contributed by atoms with van der Waals surface area (Å²) in [6, 6.07) is 5.96. The minimum atomic E-state index is -1.23. The maximum absolute atomic E-state index is 12.3. The van der Waals surface area contributed by atoms with Crippen LogP contribution in [0.3, 0.4) is 0 Å². The van der Waals surface area contributed by atoms with Crippen molar-refractivity contribution in [3.8, 4) is 0 Å². The number of hydrogen-bond acceptors (Lipinski definition) is 3. The Morgan fingerprint density at radius 3 is 2.67 bits per heavy atom. The van der Waals surface area contributed by atoms with E-state index in [0.717, 1.165) is 0 Å². The Morgan fingerprint density at radius 2 is 2.00 bits per heavy atom. The molecule has 108 valence electrons. The van der Waals surface area contributed by atoms with Crippen molar-refractivity contribution in [1.29, 1.82) is 0 Å². The number of carbonyl (C=O) groups is 2. The third-order valence-electron chi connectivity index (χ3n) is 2.50. The molecule has 0 aliphatic carbocycles. The van der Waals surface area contributed by atoms with E-state index in [9.17, 15) is 9.59 Å². The first kappa shape index (κ1) is 16.0. The molecule has 1 aromatic carbocycles. The van der Waals surface area contributed by atoms with Crippen LogP contribution >= 0.6 is 45.8 Å². The third kappa shape index (κ3) is 3.63. The van der Waals surface area contributed by atoms with Crippen LogP contribution in [0.25, 0.3) is 0 Å². The minimum absolute atomic E-state index is 0.0990. The van der Waals surface area contributed by atoms with E-state index in [0.29, 0.717) is 13.6 Å². The summed E-state index contributed by atoms with van der Waals surface area (Å²) in [5.74, 6) is -1.75. The molecule has 2 aromatic rings. The first-order chi connectivity index (χ1) is 9.90. The topological polar surface area (TPSA) is 79.3 Å². The Balaban J connectivity index is 2.38. The lowest BCUT2D eigenvalue weighted by molar-refractivity contribution is 0.0692. The van der Waals surface area contributed by atoms with Gasteiger partial charge in [-0.3, -0.25) is 4.79 Å². The molecule has 8 heteroatoms. The smallest absolute Gasteiger partial charge is 0.356 e. The van der Waals surface area contributed by atoms with Gasteiger partial charge < -0.3 is 10.4 Å². The number of carboxylic acid groups (broad SMARTS) is 1. The summed E-state index contributed by atoms with van der Waals surface area (Å²) in [6.07, 6.45) is 1.33. The van der Waals surface area contributed by atoms with E-state index >= 15 is 0 Å². The molecule has 1 aromatic heterocycles. The molecule has 0 aliphatic heterocycles. The van der Waals surface area contributed by atoms with Crippen LogP contribution in [0.4, 0.5) is 5.69 Å². The van der Waals surface area contributed by atoms with Crippen molar-refractivity contribution in [2.45, 2.75) is 0 Å². The van der Waals surface area contributed by atoms with Gasteiger partial charge in [0.1, 0.15) is 0 Å². The number of nitrogens with zero attached hydrogens (tertiary/aromatic N) is 1. The maximum Gasteiger partial charge on any atom is 0.356 e. The lowest BCUT2D eigenvalue weighted by Gasteiger charge is -2.10. The van der Waals surface area contributed by atoms with Gasteiger partial charge in [-0.2, -0.15) is 0 Å². The number of aromatic nitrogens is 1. The Hall–Kier alpha value is -1.38. The molecular weight excluding hydrogens is 430 g/mol. The van der Waals surface area contributed by atoms with E-state index in [1.54, 1.807) is 0 Å². The van der Waals surface area contributed by atoms with Gasteiger partial charge in [-0.25, -0.2) is 9.78 Å². The second kappa shape index (κ2) is 6.59. The van der Waals surface area contributed by atoms with Crippen LogP contribution in [0, 0.1) is 3.57 Å². The number of anilines is 1. The molecule has 0 fully saturated rings. The normalized spacial score (nSPS) is 10.2. The number of pyridine rings is 1. The molecule has 0 atom stereocenters. The summed E-state index contributed by atoms with van der Waals surface area (Å²) in [4.78, 5) is 27.0. The second-order valence-electron chi connectivity index (χ2n) is 3.91. The lowest BCUT2D eigenvalue weighted by atomic mass is 10.2. The fourth-order valence-corrected chi connectivity index (χ4v) is 2.64. The van der Waals surface area contributed by atoms with Gasteiger partial charge in [-0.1, -0.05) is 23.2 Å². The van der Waals surface area contributed by atoms with E-state index in [4.69, 9.17) is 28.3 Å². The average molecular weight is 437 g/mol. The summed E-state index contributed by atoms with van der Waals surface area (Å²) < 4.78 is 0.525. The van der Waals surface area contributed by atoms with Gasteiger partial charge in [-0.05, 0) is 46.9 Å². The summed E-state index contributed by atoms with van der Waals surface area (Å²) in [6.45, 7) is 0. The van der Waals surface area contributed by atoms with Crippen molar-refractivity contribution in [2.75, 3.05) is 5.32 Å². The summed E-state index contributed by atoms with van der Waals surface area (Å²) >= 11 is 13.8. The van der Waals surface area contributed by atoms with Gasteiger partial charge in [0.25, 0.3) is 5.91 Å². The minimum Gasteiger partial charge on any atom is -0.476 e. The highest BCUT2D eigenvalue weighted by atomic mass is 127. The van der Waals surface area contributed by atoms with Crippen LogP contribution in [0.1, 0.15) is 20.8 Å². The molecule has 0 aliphatic rings. The molecule has 0 radical (unpaired) electrons. The number of amides is 1. The van der Waals surface area contributed by atoms with E-state index in [-0.39, 0.29) is 16.9 Å². The fraction of sp³-hybridized carbons (Fsp3) is 0. The molecule has 1 amide bonds. The van der Waals surface area contributed by atoms with Crippen LogP contribution < -0.4 is 5.32 Å². The van der Waals surface area contributed by atoms with Crippen LogP contribution in [-0.4, -0.2) is 22.0 Å². The van der Waals surface area contributed by atoms with Gasteiger partial charge in [0.05, 0.1) is 16.3 Å². The van der Waals surface area contributed by atoms with Gasteiger partial charge in [0.15, 0.2) is 5.69 Å². The fourth-order valence-electron chi connectivity index (χ4n) is 1.59. The highest BCUT2D eigenvalue weighted by molar-refractivity contribution is 14.1. The SMILES string of the molecule is O=C(Nc1cccnc1C(=O)O)c1cc(Cl)cc(Cl)c1I. The standard InChI is InChI=1S/C13H7Cl2IN2O3/c14-6-4-7(10(16)8(15)5-6)12(19)18-9-2-1-3-17-11(9)13(20)21/h1-5H,(H,18,19)(H,20,21). The molecule has 2 rings (SSSR count). The summed E-state index contributed by atoms with van der Waals surface area (Å²) in [7, 11) is 0. The van der Waals surface area contributed by atoms with E-state index < -0.39 is 11.9 Å². The van der Waals surface area contributed by atoms with Crippen molar-refractivity contribution >= 4 is 63.4 Å². The molecule has 2 N–H and O–H groups in total. The lowest BCUT2D eigenvalue weighted by Crippen LogP contribution is -2.17. The zero-order valence-electron chi connectivity index (χ0n) is 10.2. The largest absolute Gasteiger partial charge is 0.476 e. The van der Waals surface area contributed by atoms with Gasteiger partial charge in [-0.15, -0.1) is 0 Å². The quantitative estimate of drug-likeness (QED) is 0.564. The molecule has 0 saturated heterocycles. The van der Waals surface area contributed by atoms with Crippen molar-refractivity contribution in [2.24, 2.45) is 0 Å². The number of carbonyl (C=O) groups excluding carboxylic acids is 1. The number of halogens is 3. The third-order valence-corrected chi connectivity index (χ3v) is 4.49. The summed E-state index contributed by atoms with van der Waals surface area (Å²) in [5.41, 5.74) is 0.115. The molecule has 0 spiro atoms. The van der Waals surface area contributed by atoms with Gasteiger partial charge >= 0.3 is 5.97 Å². The zero-order chi connectivity index (χ0) is 15.6. The highest BCUT2D eigenvalue weighted by Crippen LogP contribution is 2.27. The number of hydrogen-bond donors (Lipinski definition) is 2. The van der Waals surface area contributed by atoms with Crippen LogP contribution in [0.15, 0.2) is 30.5 Å². The van der Waals surface area contributed by atoms with Crippen molar-refractivity contribution in [1.82, 2.24) is 4.98 Å². The number of aromatic carboxylic acids is 1. The highest BCUT2D eigenvalue weighted by Gasteiger charge is 2.18. The predicted octanol–water partition coefficient (Wildman–Crippen LogP) is 3.94. The monoisotopic (exact) mass is 436 g/mol. The molecule has 0 saturated carbocycles. The number of rotatable bonds is 3. The molecule has 1 heterocycles. The predicted molar refractivity (Wildman–Crippen MR) is 88.3 cm³/mol. The zero-order valence-corrected chi connectivity index (χ0v) is 13.9. The maximum atomic E-state index is 12.3. The Kier molecular flexibility index (Phi) is 5.02. The van der Waals surface area contributed by atoms with Crippen LogP contribution in [-0.2, 0) is 0 Å². The van der Waals surface area contributed by atoms with E-state index in [2.05, 4.69) is 10.3 Å². The molecule has 5 nitrogen and oxygen atoms in total. The van der Waals surface area contributed by atoms with Crippen molar-refractivity contribution in [3.63, 3.8) is 0 Å². The average Bonchev–Trinajstić information content (AvgIpc) is 2.43. The van der Waals surface area contributed by atoms with E-state index in [1.165, 1.54) is 30.5 Å². The molecule has 0 bridgehead atoms. The Bertz CT molecular complexity index is 737. The number of carboxylic acids is 1. The number of nitrogens with one attached hydrogen (secondary N) is 1. The summed E-state index contributed by atoms with van der Waals surface area (Å²) in [5, 5.41) is 12.2. The van der Waals surface area contributed by atoms with Crippen molar-refractivity contribution in [3.05, 3.63) is 55.3 Å². The first-order valence-electron chi connectivity index (χ1n) is 5.54. The second-order valence-corrected chi connectivity index (χ2v) is 5.83. The van der Waals surface area contributed by atoms with Crippen molar-refractivity contribution < 1.29 is 14.7 Å². The van der Waals surface area contributed by atoms with Gasteiger partial charge in [0, 0.05) is 14.8 Å². The molecule has 21 heavy (non-hydrogen) atoms. The van der Waals surface area contributed by atoms with Crippen LogP contribution in [0.2, 0.25) is 10.0 Å². The van der Waals surface area contributed by atoms with E-state index in [1.807, 2.05) is 22.6 Å². The first-order valence-corrected chi connectivity index (χ1v) is 7.38. The Labute approximate surface area is 143 Å². The molecule has 0 unspecified atom stereocenters. The number of benzene rings is 1. The Morgan fingerprint density at radius 1 is 1.29 bits per heavy atom.